The predicted molar refractivity (Wildman–Crippen MR) is 152 cm³/mol. The standard InChI is InChI=1S/C29H38N6O5/c1-39-24-5-2-4-22(20-24)27(36)31-25-21-23(28(37)33-10-3-8-30-9-11-33)6-7-26(25)32-12-14-34(15-13-32)29(38)35-16-18-40-19-17-35/h2,4-7,20-21,30H,3,8-19H2,1H3,(H,31,36). The molecule has 0 saturated carbocycles. The molecule has 2 aromatic rings. The summed E-state index contributed by atoms with van der Waals surface area (Å²) in [6, 6.07) is 12.5. The number of hydrogen-bond acceptors (Lipinski definition) is 7. The summed E-state index contributed by atoms with van der Waals surface area (Å²) in [5.41, 5.74) is 2.39. The number of nitrogens with zero attached hydrogens (tertiary/aromatic N) is 4. The van der Waals surface area contributed by atoms with Gasteiger partial charge in [-0.15, -0.1) is 0 Å². The summed E-state index contributed by atoms with van der Waals surface area (Å²) in [5.74, 6) is 0.255. The average molecular weight is 551 g/mol. The molecule has 11 nitrogen and oxygen atoms in total. The molecule has 3 heterocycles. The van der Waals surface area contributed by atoms with Crippen molar-refractivity contribution in [2.45, 2.75) is 6.42 Å². The van der Waals surface area contributed by atoms with Crippen molar-refractivity contribution >= 4 is 29.2 Å². The number of carbonyl (C=O) groups is 3. The molecule has 0 unspecified atom stereocenters. The van der Waals surface area contributed by atoms with E-state index in [-0.39, 0.29) is 17.8 Å². The van der Waals surface area contributed by atoms with E-state index in [0.29, 0.717) is 88.1 Å². The first kappa shape index (κ1) is 27.7. The van der Waals surface area contributed by atoms with E-state index in [1.54, 1.807) is 37.4 Å². The van der Waals surface area contributed by atoms with Gasteiger partial charge in [0.05, 0.1) is 31.7 Å². The lowest BCUT2D eigenvalue weighted by Crippen LogP contribution is -2.54. The zero-order valence-electron chi connectivity index (χ0n) is 23.1. The van der Waals surface area contributed by atoms with Crippen LogP contribution in [0.25, 0.3) is 0 Å². The number of urea groups is 1. The van der Waals surface area contributed by atoms with E-state index in [4.69, 9.17) is 9.47 Å². The Hall–Kier alpha value is -3.83. The molecule has 0 radical (unpaired) electrons. The normalized spacial score (nSPS) is 18.2. The van der Waals surface area contributed by atoms with E-state index in [2.05, 4.69) is 15.5 Å². The van der Waals surface area contributed by atoms with Crippen LogP contribution in [0.2, 0.25) is 0 Å². The summed E-state index contributed by atoms with van der Waals surface area (Å²) < 4.78 is 10.7. The molecule has 40 heavy (non-hydrogen) atoms. The second kappa shape index (κ2) is 13.0. The fourth-order valence-corrected chi connectivity index (χ4v) is 5.33. The SMILES string of the molecule is COc1cccc(C(=O)Nc2cc(C(=O)N3CCCNCC3)ccc2N2CCN(C(=O)N3CCOCC3)CC2)c1. The van der Waals surface area contributed by atoms with Gasteiger partial charge in [0.1, 0.15) is 5.75 Å². The lowest BCUT2D eigenvalue weighted by atomic mass is 10.1. The number of methoxy groups -OCH3 is 1. The lowest BCUT2D eigenvalue weighted by Gasteiger charge is -2.39. The molecule has 3 fully saturated rings. The second-order valence-corrected chi connectivity index (χ2v) is 10.2. The van der Waals surface area contributed by atoms with Gasteiger partial charge in [-0.25, -0.2) is 4.79 Å². The summed E-state index contributed by atoms with van der Waals surface area (Å²) in [7, 11) is 1.56. The maximum absolute atomic E-state index is 13.4. The molecule has 0 atom stereocenters. The van der Waals surface area contributed by atoms with Gasteiger partial charge in [0.25, 0.3) is 11.8 Å². The number of nitrogens with one attached hydrogen (secondary N) is 2. The van der Waals surface area contributed by atoms with Crippen LogP contribution >= 0.6 is 0 Å². The van der Waals surface area contributed by atoms with Crippen LogP contribution in [0.5, 0.6) is 5.75 Å². The van der Waals surface area contributed by atoms with E-state index >= 15 is 0 Å². The van der Waals surface area contributed by atoms with Crippen LogP contribution in [0, 0.1) is 0 Å². The van der Waals surface area contributed by atoms with Crippen molar-refractivity contribution < 1.29 is 23.9 Å². The van der Waals surface area contributed by atoms with Gasteiger partial charge in [-0.1, -0.05) is 6.07 Å². The van der Waals surface area contributed by atoms with Crippen LogP contribution in [0.3, 0.4) is 0 Å². The molecular formula is C29H38N6O5. The third-order valence-electron chi connectivity index (χ3n) is 7.62. The molecule has 5 rings (SSSR count). The highest BCUT2D eigenvalue weighted by molar-refractivity contribution is 6.07. The Balaban J connectivity index is 1.35. The molecule has 11 heteroatoms. The Bertz CT molecular complexity index is 1200. The van der Waals surface area contributed by atoms with Crippen molar-refractivity contribution in [3.63, 3.8) is 0 Å². The largest absolute Gasteiger partial charge is 0.497 e. The Morgan fingerprint density at radius 1 is 0.825 bits per heavy atom. The topological polar surface area (TPSA) is 107 Å². The molecule has 2 aromatic carbocycles. The first-order valence-electron chi connectivity index (χ1n) is 14.0. The third-order valence-corrected chi connectivity index (χ3v) is 7.62. The maximum Gasteiger partial charge on any atom is 0.320 e. The number of carbonyl (C=O) groups excluding carboxylic acids is 3. The monoisotopic (exact) mass is 550 g/mol. The summed E-state index contributed by atoms with van der Waals surface area (Å²) >= 11 is 0. The van der Waals surface area contributed by atoms with Crippen molar-refractivity contribution in [1.29, 1.82) is 0 Å². The third kappa shape index (κ3) is 6.48. The minimum absolute atomic E-state index is 0.0439. The first-order chi connectivity index (χ1) is 19.5. The van der Waals surface area contributed by atoms with E-state index in [1.165, 1.54) is 0 Å². The molecule has 3 aliphatic heterocycles. The number of morpholine rings is 1. The van der Waals surface area contributed by atoms with Crippen LogP contribution < -0.4 is 20.3 Å². The smallest absolute Gasteiger partial charge is 0.320 e. The summed E-state index contributed by atoms with van der Waals surface area (Å²) in [6.07, 6.45) is 0.900. The van der Waals surface area contributed by atoms with Crippen LogP contribution in [0.1, 0.15) is 27.1 Å². The lowest BCUT2D eigenvalue weighted by molar-refractivity contribution is 0.0428. The van der Waals surface area contributed by atoms with Crippen molar-refractivity contribution in [1.82, 2.24) is 20.0 Å². The van der Waals surface area contributed by atoms with Crippen LogP contribution in [0.15, 0.2) is 42.5 Å². The highest BCUT2D eigenvalue weighted by Crippen LogP contribution is 2.30. The predicted octanol–water partition coefficient (Wildman–Crippen LogP) is 1.96. The van der Waals surface area contributed by atoms with Gasteiger partial charge in [-0.2, -0.15) is 0 Å². The highest BCUT2D eigenvalue weighted by atomic mass is 16.5. The molecule has 214 valence electrons. The Morgan fingerprint density at radius 2 is 1.60 bits per heavy atom. The zero-order chi connectivity index (χ0) is 27.9. The molecular weight excluding hydrogens is 512 g/mol. The van der Waals surface area contributed by atoms with Crippen molar-refractivity contribution in [3.8, 4) is 5.75 Å². The van der Waals surface area contributed by atoms with Gasteiger partial charge in [0.15, 0.2) is 0 Å². The number of hydrogen-bond donors (Lipinski definition) is 2. The average Bonchev–Trinajstić information content (AvgIpc) is 3.31. The number of piperazine rings is 1. The molecule has 0 aromatic heterocycles. The van der Waals surface area contributed by atoms with Crippen LogP contribution in [-0.4, -0.2) is 118 Å². The van der Waals surface area contributed by atoms with Gasteiger partial charge in [0, 0.05) is 70.0 Å². The summed E-state index contributed by atoms with van der Waals surface area (Å²) in [5, 5.41) is 6.38. The van der Waals surface area contributed by atoms with E-state index < -0.39 is 0 Å². The number of anilines is 2. The van der Waals surface area contributed by atoms with Crippen molar-refractivity contribution in [2.75, 3.05) is 96.0 Å². The van der Waals surface area contributed by atoms with E-state index in [1.807, 2.05) is 26.8 Å². The molecule has 3 saturated heterocycles. The Kier molecular flexibility index (Phi) is 9.02. The Labute approximate surface area is 235 Å². The van der Waals surface area contributed by atoms with Gasteiger partial charge in [-0.3, -0.25) is 9.59 Å². The first-order valence-corrected chi connectivity index (χ1v) is 14.0. The number of benzene rings is 2. The molecule has 0 bridgehead atoms. The highest BCUT2D eigenvalue weighted by Gasteiger charge is 2.28. The molecule has 4 amide bonds. The Morgan fingerprint density at radius 3 is 2.38 bits per heavy atom. The number of amides is 4. The quantitative estimate of drug-likeness (QED) is 0.586. The summed E-state index contributed by atoms with van der Waals surface area (Å²) in [4.78, 5) is 47.4. The maximum atomic E-state index is 13.4. The number of rotatable bonds is 5. The van der Waals surface area contributed by atoms with Gasteiger partial charge >= 0.3 is 6.03 Å². The zero-order valence-corrected chi connectivity index (χ0v) is 23.1. The van der Waals surface area contributed by atoms with Crippen molar-refractivity contribution in [3.05, 3.63) is 53.6 Å². The number of ether oxygens (including phenoxy) is 2. The van der Waals surface area contributed by atoms with E-state index in [9.17, 15) is 14.4 Å². The van der Waals surface area contributed by atoms with Crippen molar-refractivity contribution in [2.24, 2.45) is 0 Å². The molecule has 3 aliphatic rings. The minimum Gasteiger partial charge on any atom is -0.497 e. The molecule has 0 spiro atoms. The van der Waals surface area contributed by atoms with Crippen LogP contribution in [0.4, 0.5) is 16.2 Å². The van der Waals surface area contributed by atoms with E-state index in [0.717, 1.165) is 25.2 Å². The van der Waals surface area contributed by atoms with Gasteiger partial charge < -0.3 is 39.7 Å². The molecule has 2 N–H and O–H groups in total. The van der Waals surface area contributed by atoms with Gasteiger partial charge in [0.2, 0.25) is 0 Å². The second-order valence-electron chi connectivity index (χ2n) is 10.2. The molecule has 0 aliphatic carbocycles. The van der Waals surface area contributed by atoms with Crippen LogP contribution in [-0.2, 0) is 4.74 Å². The minimum atomic E-state index is -0.287. The fourth-order valence-electron chi connectivity index (χ4n) is 5.33. The van der Waals surface area contributed by atoms with Gasteiger partial charge in [-0.05, 0) is 49.4 Å². The summed E-state index contributed by atoms with van der Waals surface area (Å²) in [6.45, 7) is 7.73. The fraction of sp³-hybridized carbons (Fsp3) is 0.483.